The molecular weight excluding hydrogens is 242 g/mol. The quantitative estimate of drug-likeness (QED) is 0.631. The van der Waals surface area contributed by atoms with Crippen LogP contribution >= 0.6 is 0 Å². The summed E-state index contributed by atoms with van der Waals surface area (Å²) in [7, 11) is 1.77. The number of nitro groups is 1. The lowest BCUT2D eigenvalue weighted by atomic mass is 10.1. The molecule has 0 unspecified atom stereocenters. The SMILES string of the molecule is CNc1cc(N(CC(C)C)C(C)C)cc([N+](=O)[O-])c1. The van der Waals surface area contributed by atoms with E-state index in [2.05, 4.69) is 37.9 Å². The molecule has 0 saturated heterocycles. The van der Waals surface area contributed by atoms with Gasteiger partial charge in [-0.2, -0.15) is 0 Å². The van der Waals surface area contributed by atoms with Crippen molar-refractivity contribution >= 4 is 17.1 Å². The van der Waals surface area contributed by atoms with E-state index in [-0.39, 0.29) is 10.6 Å². The Labute approximate surface area is 114 Å². The summed E-state index contributed by atoms with van der Waals surface area (Å²) in [6, 6.07) is 5.45. The van der Waals surface area contributed by atoms with Crippen LogP contribution in [0, 0.1) is 16.0 Å². The largest absolute Gasteiger partial charge is 0.388 e. The van der Waals surface area contributed by atoms with Gasteiger partial charge >= 0.3 is 0 Å². The summed E-state index contributed by atoms with van der Waals surface area (Å²) in [5.41, 5.74) is 1.78. The third kappa shape index (κ3) is 4.12. The average molecular weight is 265 g/mol. The minimum Gasteiger partial charge on any atom is -0.388 e. The zero-order valence-electron chi connectivity index (χ0n) is 12.3. The van der Waals surface area contributed by atoms with E-state index in [1.165, 1.54) is 0 Å². The maximum atomic E-state index is 11.0. The number of anilines is 2. The zero-order valence-corrected chi connectivity index (χ0v) is 12.3. The topological polar surface area (TPSA) is 58.4 Å². The van der Waals surface area contributed by atoms with Crippen LogP contribution in [0.3, 0.4) is 0 Å². The van der Waals surface area contributed by atoms with Crippen LogP contribution in [0.5, 0.6) is 0 Å². The highest BCUT2D eigenvalue weighted by atomic mass is 16.6. The summed E-state index contributed by atoms with van der Waals surface area (Å²) < 4.78 is 0. The molecule has 1 aromatic carbocycles. The summed E-state index contributed by atoms with van der Waals surface area (Å²) >= 11 is 0. The molecule has 0 amide bonds. The second kappa shape index (κ2) is 6.41. The molecule has 1 aromatic rings. The minimum absolute atomic E-state index is 0.122. The molecule has 0 fully saturated rings. The summed E-state index contributed by atoms with van der Waals surface area (Å²) in [4.78, 5) is 12.8. The maximum Gasteiger partial charge on any atom is 0.273 e. The molecule has 1 rings (SSSR count). The first-order valence-electron chi connectivity index (χ1n) is 6.59. The van der Waals surface area contributed by atoms with Gasteiger partial charge in [0.2, 0.25) is 0 Å². The van der Waals surface area contributed by atoms with E-state index in [0.29, 0.717) is 12.0 Å². The van der Waals surface area contributed by atoms with Crippen LogP contribution in [-0.2, 0) is 0 Å². The molecule has 0 atom stereocenters. The fourth-order valence-electron chi connectivity index (χ4n) is 2.02. The van der Waals surface area contributed by atoms with Crippen molar-refractivity contribution in [1.29, 1.82) is 0 Å². The molecule has 0 radical (unpaired) electrons. The summed E-state index contributed by atoms with van der Waals surface area (Å²) in [5.74, 6) is 0.500. The number of nitrogens with one attached hydrogen (secondary N) is 1. The summed E-state index contributed by atoms with van der Waals surface area (Å²) in [6.45, 7) is 9.36. The third-order valence-corrected chi connectivity index (χ3v) is 2.92. The van der Waals surface area contributed by atoms with E-state index in [4.69, 9.17) is 0 Å². The van der Waals surface area contributed by atoms with Crippen LogP contribution in [0.15, 0.2) is 18.2 Å². The van der Waals surface area contributed by atoms with Crippen molar-refractivity contribution in [1.82, 2.24) is 0 Å². The van der Waals surface area contributed by atoms with E-state index in [1.807, 2.05) is 6.07 Å². The Morgan fingerprint density at radius 3 is 2.32 bits per heavy atom. The van der Waals surface area contributed by atoms with Gasteiger partial charge in [0.1, 0.15) is 0 Å². The molecule has 1 N–H and O–H groups in total. The van der Waals surface area contributed by atoms with Crippen LogP contribution < -0.4 is 10.2 Å². The van der Waals surface area contributed by atoms with Crippen molar-refractivity contribution in [2.45, 2.75) is 33.7 Å². The first-order chi connectivity index (χ1) is 8.85. The highest BCUT2D eigenvalue weighted by molar-refractivity contribution is 5.64. The molecule has 106 valence electrons. The van der Waals surface area contributed by atoms with Gasteiger partial charge in [0.05, 0.1) is 4.92 Å². The van der Waals surface area contributed by atoms with Gasteiger partial charge in [-0.3, -0.25) is 10.1 Å². The number of non-ortho nitro benzene ring substituents is 1. The summed E-state index contributed by atoms with van der Waals surface area (Å²) in [6.07, 6.45) is 0. The number of hydrogen-bond acceptors (Lipinski definition) is 4. The predicted octanol–water partition coefficient (Wildman–Crippen LogP) is 3.51. The lowest BCUT2D eigenvalue weighted by molar-refractivity contribution is -0.384. The van der Waals surface area contributed by atoms with E-state index in [1.54, 1.807) is 19.2 Å². The Bertz CT molecular complexity index is 444. The average Bonchev–Trinajstić information content (AvgIpc) is 2.34. The standard InChI is InChI=1S/C14H23N3O2/c1-10(2)9-16(11(3)4)13-6-12(15-5)7-14(8-13)17(18)19/h6-8,10-11,15H,9H2,1-5H3. The molecule has 19 heavy (non-hydrogen) atoms. The second-order valence-corrected chi connectivity index (χ2v) is 5.39. The molecule has 0 spiro atoms. The first-order valence-corrected chi connectivity index (χ1v) is 6.59. The van der Waals surface area contributed by atoms with Gasteiger partial charge in [-0.1, -0.05) is 13.8 Å². The van der Waals surface area contributed by atoms with Crippen molar-refractivity contribution in [2.75, 3.05) is 23.8 Å². The molecule has 0 saturated carbocycles. The first kappa shape index (κ1) is 15.3. The highest BCUT2D eigenvalue weighted by Gasteiger charge is 2.17. The van der Waals surface area contributed by atoms with Crippen LogP contribution in [-0.4, -0.2) is 24.6 Å². The molecule has 0 aliphatic heterocycles. The molecule has 0 aliphatic carbocycles. The Morgan fingerprint density at radius 1 is 1.26 bits per heavy atom. The zero-order chi connectivity index (χ0) is 14.6. The monoisotopic (exact) mass is 265 g/mol. The van der Waals surface area contributed by atoms with Crippen LogP contribution in [0.1, 0.15) is 27.7 Å². The smallest absolute Gasteiger partial charge is 0.273 e. The molecule has 0 bridgehead atoms. The molecule has 0 aliphatic rings. The second-order valence-electron chi connectivity index (χ2n) is 5.39. The maximum absolute atomic E-state index is 11.0. The predicted molar refractivity (Wildman–Crippen MR) is 80.0 cm³/mol. The van der Waals surface area contributed by atoms with Gasteiger partial charge in [-0.05, 0) is 25.8 Å². The van der Waals surface area contributed by atoms with E-state index in [0.717, 1.165) is 17.9 Å². The number of nitro benzene ring substituents is 1. The molecular formula is C14H23N3O2. The van der Waals surface area contributed by atoms with Gasteiger partial charge in [-0.25, -0.2) is 0 Å². The van der Waals surface area contributed by atoms with Crippen LogP contribution in [0.4, 0.5) is 17.1 Å². The lowest BCUT2D eigenvalue weighted by Crippen LogP contribution is -2.34. The van der Waals surface area contributed by atoms with E-state index < -0.39 is 0 Å². The Balaban J connectivity index is 3.21. The van der Waals surface area contributed by atoms with Crippen molar-refractivity contribution in [2.24, 2.45) is 5.92 Å². The molecule has 5 heteroatoms. The highest BCUT2D eigenvalue weighted by Crippen LogP contribution is 2.28. The third-order valence-electron chi connectivity index (χ3n) is 2.92. The number of benzene rings is 1. The number of rotatable bonds is 6. The Morgan fingerprint density at radius 2 is 1.89 bits per heavy atom. The van der Waals surface area contributed by atoms with Crippen LogP contribution in [0.25, 0.3) is 0 Å². The number of hydrogen-bond donors (Lipinski definition) is 1. The van der Waals surface area contributed by atoms with Gasteiger partial charge in [0.15, 0.2) is 0 Å². The summed E-state index contributed by atoms with van der Waals surface area (Å²) in [5, 5.41) is 14.0. The van der Waals surface area contributed by atoms with Gasteiger partial charge in [-0.15, -0.1) is 0 Å². The Hall–Kier alpha value is -1.78. The van der Waals surface area contributed by atoms with Crippen molar-refractivity contribution in [3.05, 3.63) is 28.3 Å². The van der Waals surface area contributed by atoms with E-state index in [9.17, 15) is 10.1 Å². The molecule has 0 aromatic heterocycles. The van der Waals surface area contributed by atoms with Gasteiger partial charge in [0, 0.05) is 43.1 Å². The van der Waals surface area contributed by atoms with Crippen molar-refractivity contribution in [3.8, 4) is 0 Å². The lowest BCUT2D eigenvalue weighted by Gasteiger charge is -2.31. The fraction of sp³-hybridized carbons (Fsp3) is 0.571. The fourth-order valence-corrected chi connectivity index (χ4v) is 2.02. The van der Waals surface area contributed by atoms with Gasteiger partial charge in [0.25, 0.3) is 5.69 Å². The Kier molecular flexibility index (Phi) is 5.15. The van der Waals surface area contributed by atoms with E-state index >= 15 is 0 Å². The van der Waals surface area contributed by atoms with Crippen LogP contribution in [0.2, 0.25) is 0 Å². The van der Waals surface area contributed by atoms with Crippen molar-refractivity contribution in [3.63, 3.8) is 0 Å². The molecule has 5 nitrogen and oxygen atoms in total. The van der Waals surface area contributed by atoms with Gasteiger partial charge < -0.3 is 10.2 Å². The normalized spacial score (nSPS) is 10.9. The minimum atomic E-state index is -0.349. The van der Waals surface area contributed by atoms with Crippen molar-refractivity contribution < 1.29 is 4.92 Å². The number of nitrogens with zero attached hydrogens (tertiary/aromatic N) is 2. The molecule has 0 heterocycles.